The molecular formula is C25H27F6NO3S. The van der Waals surface area contributed by atoms with Gasteiger partial charge in [0.05, 0.1) is 13.2 Å². The number of hydrogen-bond donors (Lipinski definition) is 0. The predicted molar refractivity (Wildman–Crippen MR) is 127 cm³/mol. The van der Waals surface area contributed by atoms with E-state index in [0.717, 1.165) is 23.0 Å². The van der Waals surface area contributed by atoms with Crippen molar-refractivity contribution in [1.29, 1.82) is 0 Å². The monoisotopic (exact) mass is 535 g/mol. The van der Waals surface area contributed by atoms with E-state index in [1.807, 2.05) is 53.5 Å². The van der Waals surface area contributed by atoms with E-state index in [4.69, 9.17) is 9.47 Å². The molecule has 0 aliphatic rings. The molecule has 0 amide bonds. The van der Waals surface area contributed by atoms with Crippen LogP contribution in [-0.4, -0.2) is 69.4 Å². The molecule has 0 aliphatic carbocycles. The molecule has 2 rings (SSSR count). The summed E-state index contributed by atoms with van der Waals surface area (Å²) >= 11 is 1.62. The molecule has 0 aliphatic heterocycles. The second-order valence-corrected chi connectivity index (χ2v) is 8.23. The maximum absolute atomic E-state index is 13.0. The van der Waals surface area contributed by atoms with Gasteiger partial charge in [-0.3, -0.25) is 4.90 Å². The normalized spacial score (nSPS) is 12.7. The second-order valence-electron chi connectivity index (χ2n) is 7.45. The smallest absolute Gasteiger partial charge is 0.438 e. The van der Waals surface area contributed by atoms with Crippen LogP contribution in [0.25, 0.3) is 11.1 Å². The molecule has 0 saturated heterocycles. The molecular weight excluding hydrogens is 508 g/mol. The van der Waals surface area contributed by atoms with Gasteiger partial charge in [-0.05, 0) is 58.6 Å². The van der Waals surface area contributed by atoms with E-state index in [-0.39, 0.29) is 6.54 Å². The lowest BCUT2D eigenvalue weighted by molar-refractivity contribution is -0.350. The van der Waals surface area contributed by atoms with Gasteiger partial charge in [-0.2, -0.15) is 37.7 Å². The minimum Gasteiger partial charge on any atom is -0.491 e. The molecule has 198 valence electrons. The fraction of sp³-hybridized carbons (Fsp3) is 0.440. The van der Waals surface area contributed by atoms with Gasteiger partial charge in [0.15, 0.2) is 0 Å². The highest BCUT2D eigenvalue weighted by Crippen LogP contribution is 2.45. The van der Waals surface area contributed by atoms with Crippen molar-refractivity contribution < 1.29 is 40.6 Å². The van der Waals surface area contributed by atoms with Crippen molar-refractivity contribution in [2.75, 3.05) is 46.6 Å². The zero-order valence-corrected chi connectivity index (χ0v) is 20.6. The first-order valence-electron chi connectivity index (χ1n) is 11.0. The average Bonchev–Trinajstić information content (AvgIpc) is 3.36. The number of thiophene rings is 1. The summed E-state index contributed by atoms with van der Waals surface area (Å²) in [7, 11) is 0.325. The molecule has 0 saturated carbocycles. The third-order valence-corrected chi connectivity index (χ3v) is 5.78. The Morgan fingerprint density at radius 1 is 1.00 bits per heavy atom. The van der Waals surface area contributed by atoms with Crippen LogP contribution >= 0.6 is 11.3 Å². The number of allylic oxidation sites excluding steroid dienone is 1. The summed E-state index contributed by atoms with van der Waals surface area (Å²) in [4.78, 5) is 1.89. The van der Waals surface area contributed by atoms with Gasteiger partial charge in [-0.1, -0.05) is 31.1 Å². The van der Waals surface area contributed by atoms with Gasteiger partial charge >= 0.3 is 18.0 Å². The molecule has 1 aromatic heterocycles. The largest absolute Gasteiger partial charge is 0.491 e. The molecule has 0 bridgehead atoms. The Morgan fingerprint density at radius 3 is 2.36 bits per heavy atom. The predicted octanol–water partition coefficient (Wildman–Crippen LogP) is 6.20. The minimum atomic E-state index is -5.73. The van der Waals surface area contributed by atoms with Crippen molar-refractivity contribution in [2.45, 2.75) is 24.9 Å². The fourth-order valence-electron chi connectivity index (χ4n) is 3.08. The van der Waals surface area contributed by atoms with E-state index in [0.29, 0.717) is 40.0 Å². The average molecular weight is 536 g/mol. The molecule has 0 unspecified atom stereocenters. The molecule has 1 heterocycles. The topological polar surface area (TPSA) is 30.9 Å². The van der Waals surface area contributed by atoms with E-state index in [9.17, 15) is 26.3 Å². The van der Waals surface area contributed by atoms with Crippen molar-refractivity contribution in [2.24, 2.45) is 0 Å². The molecule has 0 N–H and O–H groups in total. The van der Waals surface area contributed by atoms with Gasteiger partial charge in [0, 0.05) is 20.2 Å². The number of nitrogens with zero attached hydrogens (tertiary/aromatic N) is 1. The molecule has 11 heteroatoms. The number of alkyl halides is 6. The van der Waals surface area contributed by atoms with E-state index < -0.39 is 18.0 Å². The van der Waals surface area contributed by atoms with Crippen LogP contribution < -0.4 is 4.74 Å². The highest BCUT2D eigenvalue weighted by Gasteiger charge is 2.71. The van der Waals surface area contributed by atoms with Gasteiger partial charge in [-0.25, -0.2) is 0 Å². The molecule has 0 fully saturated rings. The third kappa shape index (κ3) is 8.27. The first kappa shape index (κ1) is 29.7. The van der Waals surface area contributed by atoms with Crippen LogP contribution in [0.1, 0.15) is 6.92 Å². The number of ether oxygens (including phenoxy) is 3. The fourth-order valence-corrected chi connectivity index (χ4v) is 3.74. The van der Waals surface area contributed by atoms with Gasteiger partial charge in [0.25, 0.3) is 0 Å². The van der Waals surface area contributed by atoms with E-state index in [2.05, 4.69) is 10.1 Å². The summed E-state index contributed by atoms with van der Waals surface area (Å²) in [5.41, 5.74) is -2.34. The Morgan fingerprint density at radius 2 is 1.75 bits per heavy atom. The first-order chi connectivity index (χ1) is 17.0. The standard InChI is InChI=1S/C25H27F6NO3S/c1-3-32(12-6-4-5-11-23(33-2,24(26,27)28)25(29,30)31)13-14-34-15-16-35-22-9-7-8-20(18-22)21-10-17-36-19-21/h4,6-10,17-19H,3,12-16H2,1-2H3/b6-4+. The second kappa shape index (κ2) is 13.7. The van der Waals surface area contributed by atoms with Crippen LogP contribution in [0, 0.1) is 11.8 Å². The van der Waals surface area contributed by atoms with E-state index in [1.54, 1.807) is 11.3 Å². The van der Waals surface area contributed by atoms with Crippen LogP contribution in [0.2, 0.25) is 0 Å². The summed E-state index contributed by atoms with van der Waals surface area (Å²) in [6.07, 6.45) is -9.13. The van der Waals surface area contributed by atoms with Crippen LogP contribution in [0.15, 0.2) is 53.2 Å². The molecule has 2 aromatic rings. The SMILES string of the molecule is CCN(C/C=C/C#CC(OC)(C(F)(F)F)C(F)(F)F)CCOCCOc1cccc(-c2ccsc2)c1. The molecule has 0 radical (unpaired) electrons. The minimum absolute atomic E-state index is 0.276. The van der Waals surface area contributed by atoms with Crippen molar-refractivity contribution in [3.63, 3.8) is 0 Å². The number of likely N-dealkylation sites (N-methyl/N-ethyl adjacent to an activating group) is 1. The molecule has 0 spiro atoms. The molecule has 4 nitrogen and oxygen atoms in total. The zero-order chi connectivity index (χ0) is 26.7. The number of rotatable bonds is 12. The summed E-state index contributed by atoms with van der Waals surface area (Å²) in [6.45, 7) is 4.34. The van der Waals surface area contributed by atoms with Crippen LogP contribution in [0.4, 0.5) is 26.3 Å². The van der Waals surface area contributed by atoms with Gasteiger partial charge in [0.2, 0.25) is 0 Å². The Hall–Kier alpha value is -2.52. The van der Waals surface area contributed by atoms with Crippen molar-refractivity contribution in [3.05, 3.63) is 53.2 Å². The Bertz CT molecular complexity index is 995. The molecule has 1 aromatic carbocycles. The Balaban J connectivity index is 1.74. The van der Waals surface area contributed by atoms with Crippen LogP contribution in [0.3, 0.4) is 0 Å². The van der Waals surface area contributed by atoms with Crippen molar-refractivity contribution >= 4 is 11.3 Å². The van der Waals surface area contributed by atoms with Gasteiger partial charge in [0.1, 0.15) is 12.4 Å². The summed E-state index contributed by atoms with van der Waals surface area (Å²) in [5.74, 6) is 3.73. The molecule has 0 atom stereocenters. The lowest BCUT2D eigenvalue weighted by atomic mass is 10.0. The molecule has 36 heavy (non-hydrogen) atoms. The number of halogens is 6. The Labute approximate surface area is 210 Å². The Kier molecular flexibility index (Phi) is 11.3. The first-order valence-corrected chi connectivity index (χ1v) is 11.9. The third-order valence-electron chi connectivity index (χ3n) is 5.10. The van der Waals surface area contributed by atoms with Crippen LogP contribution in [-0.2, 0) is 9.47 Å². The lowest BCUT2D eigenvalue weighted by Crippen LogP contribution is -2.57. The van der Waals surface area contributed by atoms with E-state index >= 15 is 0 Å². The summed E-state index contributed by atoms with van der Waals surface area (Å²) < 4.78 is 92.8. The quantitative estimate of drug-likeness (QED) is 0.184. The summed E-state index contributed by atoms with van der Waals surface area (Å²) in [5, 5.41) is 4.06. The van der Waals surface area contributed by atoms with Gasteiger partial charge in [-0.15, -0.1) is 0 Å². The zero-order valence-electron chi connectivity index (χ0n) is 19.8. The van der Waals surface area contributed by atoms with Crippen molar-refractivity contribution in [3.8, 4) is 28.7 Å². The maximum Gasteiger partial charge on any atom is 0.438 e. The highest BCUT2D eigenvalue weighted by molar-refractivity contribution is 7.08. The van der Waals surface area contributed by atoms with Crippen molar-refractivity contribution in [1.82, 2.24) is 4.90 Å². The number of hydrogen-bond acceptors (Lipinski definition) is 5. The van der Waals surface area contributed by atoms with E-state index in [1.165, 1.54) is 12.0 Å². The van der Waals surface area contributed by atoms with Crippen LogP contribution in [0.5, 0.6) is 5.75 Å². The highest BCUT2D eigenvalue weighted by atomic mass is 32.1. The summed E-state index contributed by atoms with van der Waals surface area (Å²) in [6, 6.07) is 9.78. The maximum atomic E-state index is 13.0. The van der Waals surface area contributed by atoms with Gasteiger partial charge < -0.3 is 14.2 Å². The number of methoxy groups -OCH3 is 1. The lowest BCUT2D eigenvalue weighted by Gasteiger charge is -2.30. The number of benzene rings is 1.